The molecule has 0 saturated heterocycles. The number of amides is 1. The molecular weight excluding hydrogens is 312 g/mol. The lowest BCUT2D eigenvalue weighted by molar-refractivity contribution is -0.123. The van der Waals surface area contributed by atoms with E-state index in [-0.39, 0.29) is 11.9 Å². The van der Waals surface area contributed by atoms with Crippen molar-refractivity contribution in [1.82, 2.24) is 5.32 Å². The lowest BCUT2D eigenvalue weighted by Crippen LogP contribution is -2.57. The molecule has 0 bridgehead atoms. The summed E-state index contributed by atoms with van der Waals surface area (Å²) >= 11 is 5.02. The minimum atomic E-state index is -0.689. The summed E-state index contributed by atoms with van der Waals surface area (Å²) in [7, 11) is 0. The Bertz CT molecular complexity index is 408. The Morgan fingerprint density at radius 2 is 2.00 bits per heavy atom. The molecule has 0 saturated carbocycles. The van der Waals surface area contributed by atoms with Crippen molar-refractivity contribution in [2.75, 3.05) is 5.75 Å². The molecule has 1 amide bonds. The van der Waals surface area contributed by atoms with Gasteiger partial charge in [-0.3, -0.25) is 4.79 Å². The number of nitrogens with two attached hydrogens (primary N) is 1. The van der Waals surface area contributed by atoms with Gasteiger partial charge >= 0.3 is 0 Å². The van der Waals surface area contributed by atoms with Gasteiger partial charge in [0.05, 0.1) is 0 Å². The first kappa shape index (κ1) is 15.5. The summed E-state index contributed by atoms with van der Waals surface area (Å²) in [5.74, 6) is 0.295. The van der Waals surface area contributed by atoms with E-state index in [1.807, 2.05) is 45.0 Å². The number of benzene rings is 1. The molecule has 100 valence electrons. The Hall–Kier alpha value is -0.520. The molecule has 0 fully saturated rings. The van der Waals surface area contributed by atoms with Crippen molar-refractivity contribution >= 4 is 33.6 Å². The largest absolute Gasteiger partial charge is 0.368 e. The Balaban J connectivity index is 2.68. The molecule has 3 N–H and O–H groups in total. The third kappa shape index (κ3) is 4.63. The highest BCUT2D eigenvalue weighted by Gasteiger charge is 2.31. The minimum absolute atomic E-state index is 0.216. The molecule has 18 heavy (non-hydrogen) atoms. The van der Waals surface area contributed by atoms with Crippen LogP contribution in [0.25, 0.3) is 0 Å². The molecule has 0 radical (unpaired) electrons. The lowest BCUT2D eigenvalue weighted by atomic mass is 10.0. The van der Waals surface area contributed by atoms with Gasteiger partial charge in [0.15, 0.2) is 0 Å². The van der Waals surface area contributed by atoms with E-state index in [1.165, 1.54) is 0 Å². The van der Waals surface area contributed by atoms with Crippen molar-refractivity contribution in [2.24, 2.45) is 5.73 Å². The van der Waals surface area contributed by atoms with E-state index >= 15 is 0 Å². The van der Waals surface area contributed by atoms with Gasteiger partial charge in [0.2, 0.25) is 5.91 Å². The monoisotopic (exact) mass is 330 g/mol. The smallest absolute Gasteiger partial charge is 0.238 e. The van der Waals surface area contributed by atoms with Crippen molar-refractivity contribution in [3.05, 3.63) is 28.7 Å². The van der Waals surface area contributed by atoms with Crippen LogP contribution in [0.2, 0.25) is 0 Å². The van der Waals surface area contributed by atoms with Gasteiger partial charge in [0, 0.05) is 21.2 Å². The van der Waals surface area contributed by atoms with Crippen LogP contribution in [-0.2, 0) is 4.79 Å². The lowest BCUT2D eigenvalue weighted by Gasteiger charge is -2.29. The molecular formula is C13H19BrN2OS. The summed E-state index contributed by atoms with van der Waals surface area (Å²) in [6.45, 7) is 5.86. The van der Waals surface area contributed by atoms with E-state index in [0.717, 1.165) is 9.37 Å². The van der Waals surface area contributed by atoms with Crippen LogP contribution in [0.3, 0.4) is 0 Å². The number of halogens is 1. The minimum Gasteiger partial charge on any atom is -0.368 e. The molecule has 1 aromatic rings. The first-order valence-corrected chi connectivity index (χ1v) is 7.57. The van der Waals surface area contributed by atoms with E-state index in [2.05, 4.69) is 21.2 Å². The second-order valence-corrected chi connectivity index (χ2v) is 6.70. The number of thioether (sulfide) groups is 1. The van der Waals surface area contributed by atoms with Crippen LogP contribution in [0.15, 0.2) is 33.6 Å². The molecule has 0 aliphatic rings. The molecule has 0 spiro atoms. The van der Waals surface area contributed by atoms with Crippen LogP contribution in [0.1, 0.15) is 20.8 Å². The van der Waals surface area contributed by atoms with Gasteiger partial charge in [-0.05, 0) is 45.0 Å². The predicted molar refractivity (Wildman–Crippen MR) is 80.7 cm³/mol. The normalized spacial score (nSPS) is 14.5. The summed E-state index contributed by atoms with van der Waals surface area (Å²) in [5.41, 5.74) is 4.80. The third-order valence-corrected chi connectivity index (χ3v) is 4.35. The summed E-state index contributed by atoms with van der Waals surface area (Å²) in [4.78, 5) is 12.7. The van der Waals surface area contributed by atoms with Gasteiger partial charge < -0.3 is 11.1 Å². The van der Waals surface area contributed by atoms with E-state index in [1.54, 1.807) is 11.8 Å². The first-order chi connectivity index (χ1) is 8.33. The Labute approximate surface area is 121 Å². The maximum absolute atomic E-state index is 11.6. The molecule has 1 atom stereocenters. The highest BCUT2D eigenvalue weighted by Crippen LogP contribution is 2.24. The van der Waals surface area contributed by atoms with Gasteiger partial charge in [0.1, 0.15) is 5.54 Å². The van der Waals surface area contributed by atoms with Gasteiger partial charge in [-0.15, -0.1) is 11.8 Å². The maximum atomic E-state index is 11.6. The van der Waals surface area contributed by atoms with Crippen LogP contribution in [0, 0.1) is 0 Å². The zero-order valence-electron chi connectivity index (χ0n) is 10.9. The molecule has 0 heterocycles. The average molecular weight is 331 g/mol. The quantitative estimate of drug-likeness (QED) is 0.788. The van der Waals surface area contributed by atoms with Gasteiger partial charge in [0.25, 0.3) is 0 Å². The summed E-state index contributed by atoms with van der Waals surface area (Å²) < 4.78 is 1.05. The van der Waals surface area contributed by atoms with Gasteiger partial charge in [-0.25, -0.2) is 0 Å². The van der Waals surface area contributed by atoms with Crippen molar-refractivity contribution in [2.45, 2.75) is 37.2 Å². The van der Waals surface area contributed by atoms with E-state index in [9.17, 15) is 4.79 Å². The Kier molecular flexibility index (Phi) is 5.69. The van der Waals surface area contributed by atoms with Crippen LogP contribution >= 0.6 is 27.7 Å². The standard InChI is InChI=1S/C13H19BrN2OS/c1-9(2)16-13(3,12(15)17)8-18-11-6-4-10(14)5-7-11/h4-7,9,16H,8H2,1-3H3,(H2,15,17). The van der Waals surface area contributed by atoms with E-state index < -0.39 is 5.54 Å². The predicted octanol–water partition coefficient (Wildman–Crippen LogP) is 2.78. The molecule has 3 nitrogen and oxygen atoms in total. The maximum Gasteiger partial charge on any atom is 0.238 e. The Morgan fingerprint density at radius 1 is 1.44 bits per heavy atom. The fourth-order valence-corrected chi connectivity index (χ4v) is 2.85. The molecule has 1 rings (SSSR count). The molecule has 0 aromatic heterocycles. The zero-order chi connectivity index (χ0) is 13.8. The topological polar surface area (TPSA) is 55.1 Å². The van der Waals surface area contributed by atoms with Crippen LogP contribution in [0.4, 0.5) is 0 Å². The van der Waals surface area contributed by atoms with Crippen LogP contribution < -0.4 is 11.1 Å². The second-order valence-electron chi connectivity index (χ2n) is 4.74. The summed E-state index contributed by atoms with van der Waals surface area (Å²) in [6, 6.07) is 8.23. The van der Waals surface area contributed by atoms with E-state index in [4.69, 9.17) is 5.73 Å². The number of primary amides is 1. The van der Waals surface area contributed by atoms with Gasteiger partial charge in [-0.2, -0.15) is 0 Å². The molecule has 0 aliphatic heterocycles. The first-order valence-electron chi connectivity index (χ1n) is 5.79. The number of hydrogen-bond donors (Lipinski definition) is 2. The average Bonchev–Trinajstić information content (AvgIpc) is 2.27. The fourth-order valence-electron chi connectivity index (χ4n) is 1.58. The van der Waals surface area contributed by atoms with E-state index in [0.29, 0.717) is 5.75 Å². The fraction of sp³-hybridized carbons (Fsp3) is 0.462. The molecule has 5 heteroatoms. The number of hydrogen-bond acceptors (Lipinski definition) is 3. The highest BCUT2D eigenvalue weighted by atomic mass is 79.9. The molecule has 1 unspecified atom stereocenters. The number of rotatable bonds is 6. The SMILES string of the molecule is CC(C)NC(C)(CSc1ccc(Br)cc1)C(N)=O. The van der Waals surface area contributed by atoms with Crippen molar-refractivity contribution in [1.29, 1.82) is 0 Å². The van der Waals surface area contributed by atoms with Crippen molar-refractivity contribution in [3.8, 4) is 0 Å². The number of nitrogens with one attached hydrogen (secondary N) is 1. The summed E-state index contributed by atoms with van der Waals surface area (Å²) in [6.07, 6.45) is 0. The Morgan fingerprint density at radius 3 is 2.44 bits per heavy atom. The van der Waals surface area contributed by atoms with Crippen LogP contribution in [-0.4, -0.2) is 23.2 Å². The number of carbonyl (C=O) groups is 1. The van der Waals surface area contributed by atoms with Crippen molar-refractivity contribution in [3.63, 3.8) is 0 Å². The van der Waals surface area contributed by atoms with Crippen LogP contribution in [0.5, 0.6) is 0 Å². The molecule has 1 aromatic carbocycles. The highest BCUT2D eigenvalue weighted by molar-refractivity contribution is 9.10. The number of carbonyl (C=O) groups excluding carboxylic acids is 1. The zero-order valence-corrected chi connectivity index (χ0v) is 13.3. The van der Waals surface area contributed by atoms with Gasteiger partial charge in [-0.1, -0.05) is 15.9 Å². The van der Waals surface area contributed by atoms with Crippen molar-refractivity contribution < 1.29 is 4.79 Å². The molecule has 0 aliphatic carbocycles. The summed E-state index contributed by atoms with van der Waals surface area (Å²) in [5, 5.41) is 3.23. The third-order valence-electron chi connectivity index (χ3n) is 2.49. The second kappa shape index (κ2) is 6.59.